The number of pyridine rings is 1. The number of hydrogen-bond donors (Lipinski definition) is 1. The zero-order chi connectivity index (χ0) is 14.1. The van der Waals surface area contributed by atoms with Crippen LogP contribution in [0, 0.1) is 6.92 Å². The fourth-order valence-electron chi connectivity index (χ4n) is 1.74. The molecule has 3 aromatic rings. The molecule has 100 valence electrons. The lowest BCUT2D eigenvalue weighted by atomic mass is 10.1. The Morgan fingerprint density at radius 3 is 2.75 bits per heavy atom. The van der Waals surface area contributed by atoms with E-state index in [1.165, 1.54) is 6.20 Å². The molecule has 0 saturated carbocycles. The maximum atomic E-state index is 9.51. The summed E-state index contributed by atoms with van der Waals surface area (Å²) in [5.41, 5.74) is 2.07. The van der Waals surface area contributed by atoms with Crippen molar-refractivity contribution in [3.63, 3.8) is 0 Å². The van der Waals surface area contributed by atoms with Crippen molar-refractivity contribution in [2.75, 3.05) is 0 Å². The van der Waals surface area contributed by atoms with Gasteiger partial charge in [0.1, 0.15) is 11.4 Å². The summed E-state index contributed by atoms with van der Waals surface area (Å²) in [5, 5.41) is 13.9. The molecule has 0 radical (unpaired) electrons. The van der Waals surface area contributed by atoms with E-state index in [4.69, 9.17) is 16.1 Å². The number of aromatic nitrogens is 3. The Morgan fingerprint density at radius 1 is 1.20 bits per heavy atom. The number of hydrogen-bond acceptors (Lipinski definition) is 5. The summed E-state index contributed by atoms with van der Waals surface area (Å²) < 4.78 is 5.21. The van der Waals surface area contributed by atoms with Gasteiger partial charge < -0.3 is 9.63 Å². The average Bonchev–Trinajstić information content (AvgIpc) is 2.92. The molecular weight excluding hydrogens is 278 g/mol. The molecule has 6 heteroatoms. The Balaban J connectivity index is 1.97. The van der Waals surface area contributed by atoms with Crippen LogP contribution in [0.2, 0.25) is 5.02 Å². The van der Waals surface area contributed by atoms with Crippen LogP contribution in [0.15, 0.2) is 41.1 Å². The van der Waals surface area contributed by atoms with E-state index >= 15 is 0 Å². The van der Waals surface area contributed by atoms with Crippen LogP contribution in [-0.4, -0.2) is 20.2 Å². The topological polar surface area (TPSA) is 72.0 Å². The largest absolute Gasteiger partial charge is 0.508 e. The van der Waals surface area contributed by atoms with Crippen molar-refractivity contribution in [1.82, 2.24) is 15.1 Å². The number of phenolic OH excluding ortho intramolecular Hbond substituents is 1. The molecule has 1 N–H and O–H groups in total. The first-order valence-corrected chi connectivity index (χ1v) is 6.27. The number of nitrogens with zero attached hydrogens (tertiary/aromatic N) is 3. The van der Waals surface area contributed by atoms with Crippen molar-refractivity contribution in [2.45, 2.75) is 6.92 Å². The number of benzene rings is 1. The van der Waals surface area contributed by atoms with Crippen LogP contribution in [0.1, 0.15) is 5.56 Å². The quantitative estimate of drug-likeness (QED) is 0.781. The van der Waals surface area contributed by atoms with E-state index in [1.807, 2.05) is 0 Å². The predicted molar refractivity (Wildman–Crippen MR) is 74.4 cm³/mol. The van der Waals surface area contributed by atoms with Crippen LogP contribution >= 0.6 is 11.6 Å². The second-order valence-electron chi connectivity index (χ2n) is 4.29. The molecule has 2 aromatic heterocycles. The van der Waals surface area contributed by atoms with E-state index in [0.717, 1.165) is 11.1 Å². The Hall–Kier alpha value is -2.40. The molecule has 0 atom stereocenters. The molecule has 0 bridgehead atoms. The van der Waals surface area contributed by atoms with Crippen LogP contribution in [-0.2, 0) is 0 Å². The molecule has 20 heavy (non-hydrogen) atoms. The third-order valence-electron chi connectivity index (χ3n) is 2.83. The van der Waals surface area contributed by atoms with Gasteiger partial charge in [0, 0.05) is 11.8 Å². The Bertz CT molecular complexity index is 753. The van der Waals surface area contributed by atoms with Crippen molar-refractivity contribution >= 4 is 11.6 Å². The first kappa shape index (κ1) is 12.6. The molecule has 0 saturated heterocycles. The molecule has 1 aromatic carbocycles. The number of aryl methyl sites for hydroxylation is 1. The summed E-state index contributed by atoms with van der Waals surface area (Å²) in [6, 6.07) is 8.52. The highest BCUT2D eigenvalue weighted by Crippen LogP contribution is 2.25. The zero-order valence-electron chi connectivity index (χ0n) is 10.5. The maximum Gasteiger partial charge on any atom is 0.258 e. The van der Waals surface area contributed by atoms with E-state index in [1.54, 1.807) is 37.3 Å². The smallest absolute Gasteiger partial charge is 0.258 e. The second-order valence-corrected chi connectivity index (χ2v) is 4.72. The SMILES string of the molecule is Cc1cc(-c2nc(-c3ccc(Cl)cn3)no2)ccc1O. The molecule has 0 aliphatic heterocycles. The first-order valence-electron chi connectivity index (χ1n) is 5.89. The summed E-state index contributed by atoms with van der Waals surface area (Å²) in [4.78, 5) is 8.42. The van der Waals surface area contributed by atoms with Gasteiger partial charge in [-0.2, -0.15) is 4.98 Å². The van der Waals surface area contributed by atoms with Gasteiger partial charge in [0.15, 0.2) is 0 Å². The molecule has 0 unspecified atom stereocenters. The van der Waals surface area contributed by atoms with Gasteiger partial charge >= 0.3 is 0 Å². The van der Waals surface area contributed by atoms with Gasteiger partial charge in [-0.05, 0) is 42.8 Å². The molecule has 3 rings (SSSR count). The van der Waals surface area contributed by atoms with Crippen molar-refractivity contribution in [3.8, 4) is 28.7 Å². The molecule has 0 fully saturated rings. The molecule has 2 heterocycles. The molecule has 0 spiro atoms. The summed E-state index contributed by atoms with van der Waals surface area (Å²) >= 11 is 5.78. The van der Waals surface area contributed by atoms with Gasteiger partial charge in [0.05, 0.1) is 5.02 Å². The average molecular weight is 288 g/mol. The fraction of sp³-hybridized carbons (Fsp3) is 0.0714. The number of rotatable bonds is 2. The van der Waals surface area contributed by atoms with E-state index in [-0.39, 0.29) is 5.75 Å². The number of aromatic hydroxyl groups is 1. The van der Waals surface area contributed by atoms with Crippen molar-refractivity contribution in [1.29, 1.82) is 0 Å². The Kier molecular flexibility index (Phi) is 3.12. The lowest BCUT2D eigenvalue weighted by Crippen LogP contribution is -1.85. The highest BCUT2D eigenvalue weighted by molar-refractivity contribution is 6.30. The minimum Gasteiger partial charge on any atom is -0.508 e. The molecule has 0 amide bonds. The normalized spacial score (nSPS) is 10.7. The van der Waals surface area contributed by atoms with E-state index in [0.29, 0.717) is 22.4 Å². The van der Waals surface area contributed by atoms with Crippen LogP contribution in [0.3, 0.4) is 0 Å². The highest BCUT2D eigenvalue weighted by atomic mass is 35.5. The summed E-state index contributed by atoms with van der Waals surface area (Å²) in [6.45, 7) is 1.80. The van der Waals surface area contributed by atoms with Gasteiger partial charge in [-0.15, -0.1) is 0 Å². The standard InChI is InChI=1S/C14H10ClN3O2/c1-8-6-9(2-5-12(8)19)14-17-13(18-20-14)11-4-3-10(15)7-16-11/h2-7,19H,1H3. The summed E-state index contributed by atoms with van der Waals surface area (Å²) in [7, 11) is 0. The zero-order valence-corrected chi connectivity index (χ0v) is 11.3. The van der Waals surface area contributed by atoms with Crippen LogP contribution in [0.5, 0.6) is 5.75 Å². The number of phenols is 1. The number of halogens is 1. The van der Waals surface area contributed by atoms with Gasteiger partial charge in [0.25, 0.3) is 5.89 Å². The lowest BCUT2D eigenvalue weighted by molar-refractivity contribution is 0.432. The van der Waals surface area contributed by atoms with Crippen molar-refractivity contribution in [3.05, 3.63) is 47.1 Å². The Labute approximate surface area is 119 Å². The van der Waals surface area contributed by atoms with Crippen molar-refractivity contribution in [2.24, 2.45) is 0 Å². The summed E-state index contributed by atoms with van der Waals surface area (Å²) in [5.74, 6) is 0.995. The second kappa shape index (κ2) is 4.94. The maximum absolute atomic E-state index is 9.51. The van der Waals surface area contributed by atoms with E-state index in [9.17, 15) is 5.11 Å². The van der Waals surface area contributed by atoms with E-state index < -0.39 is 0 Å². The summed E-state index contributed by atoms with van der Waals surface area (Å²) in [6.07, 6.45) is 1.53. The van der Waals surface area contributed by atoms with Gasteiger partial charge in [-0.3, -0.25) is 4.98 Å². The van der Waals surface area contributed by atoms with Crippen LogP contribution in [0.25, 0.3) is 23.0 Å². The van der Waals surface area contributed by atoms with Crippen molar-refractivity contribution < 1.29 is 9.63 Å². The minimum absolute atomic E-state index is 0.229. The monoisotopic (exact) mass is 287 g/mol. The molecular formula is C14H10ClN3O2. The predicted octanol–water partition coefficient (Wildman–Crippen LogP) is 3.47. The highest BCUT2D eigenvalue weighted by Gasteiger charge is 2.12. The Morgan fingerprint density at radius 2 is 2.05 bits per heavy atom. The fourth-order valence-corrected chi connectivity index (χ4v) is 1.85. The molecule has 5 nitrogen and oxygen atoms in total. The molecule has 0 aliphatic carbocycles. The van der Waals surface area contributed by atoms with Gasteiger partial charge in [0.2, 0.25) is 5.82 Å². The minimum atomic E-state index is 0.229. The van der Waals surface area contributed by atoms with Gasteiger partial charge in [-0.1, -0.05) is 16.8 Å². The lowest BCUT2D eigenvalue weighted by Gasteiger charge is -1.99. The third kappa shape index (κ3) is 2.35. The molecule has 0 aliphatic rings. The van der Waals surface area contributed by atoms with Crippen LogP contribution in [0.4, 0.5) is 0 Å². The first-order chi connectivity index (χ1) is 9.63. The van der Waals surface area contributed by atoms with E-state index in [2.05, 4.69) is 15.1 Å². The third-order valence-corrected chi connectivity index (χ3v) is 3.05. The van der Waals surface area contributed by atoms with Gasteiger partial charge in [-0.25, -0.2) is 0 Å². The van der Waals surface area contributed by atoms with Crippen LogP contribution < -0.4 is 0 Å².